The van der Waals surface area contributed by atoms with Crippen molar-refractivity contribution in [2.75, 3.05) is 0 Å². The van der Waals surface area contributed by atoms with Crippen molar-refractivity contribution in [3.8, 4) is 0 Å². The van der Waals surface area contributed by atoms with Gasteiger partial charge in [0.1, 0.15) is 0 Å². The Morgan fingerprint density at radius 2 is 1.88 bits per heavy atom. The Labute approximate surface area is 59.1 Å². The van der Waals surface area contributed by atoms with Crippen LogP contribution >= 0.6 is 15.9 Å². The van der Waals surface area contributed by atoms with Crippen LogP contribution in [0.1, 0.15) is 25.7 Å². The van der Waals surface area contributed by atoms with Crippen LogP contribution in [0.15, 0.2) is 11.1 Å². The molecular formula is C7H11Br. The Morgan fingerprint density at radius 1 is 1.38 bits per heavy atom. The summed E-state index contributed by atoms with van der Waals surface area (Å²) in [5, 5.41) is 0. The van der Waals surface area contributed by atoms with E-state index in [0.717, 1.165) is 5.92 Å². The van der Waals surface area contributed by atoms with Crippen molar-refractivity contribution < 1.29 is 0 Å². The topological polar surface area (TPSA) is 0 Å². The first-order valence-corrected chi connectivity index (χ1v) is 3.94. The molecule has 1 aliphatic rings. The van der Waals surface area contributed by atoms with Gasteiger partial charge in [-0.25, -0.2) is 0 Å². The van der Waals surface area contributed by atoms with Crippen LogP contribution < -0.4 is 0 Å². The monoisotopic (exact) mass is 174 g/mol. The quantitative estimate of drug-likeness (QED) is 0.574. The van der Waals surface area contributed by atoms with Crippen LogP contribution in [0.2, 0.25) is 0 Å². The third kappa shape index (κ3) is 1.35. The minimum atomic E-state index is 0.787. The van der Waals surface area contributed by atoms with E-state index in [1.807, 2.05) is 0 Å². The van der Waals surface area contributed by atoms with E-state index in [0.29, 0.717) is 0 Å². The molecule has 0 radical (unpaired) electrons. The normalized spacial score (nSPS) is 21.6. The molecule has 0 bridgehead atoms. The van der Waals surface area contributed by atoms with E-state index in [2.05, 4.69) is 22.5 Å². The maximum Gasteiger partial charge on any atom is -0.00902 e. The molecule has 0 atom stereocenters. The van der Waals surface area contributed by atoms with Gasteiger partial charge in [-0.15, -0.1) is 0 Å². The molecule has 0 saturated heterocycles. The zero-order chi connectivity index (χ0) is 5.98. The summed E-state index contributed by atoms with van der Waals surface area (Å²) in [6.45, 7) is 3.85. The van der Waals surface area contributed by atoms with Gasteiger partial charge in [-0.05, 0) is 23.2 Å². The first kappa shape index (κ1) is 6.34. The highest BCUT2D eigenvalue weighted by molar-refractivity contribution is 9.11. The summed E-state index contributed by atoms with van der Waals surface area (Å²) in [7, 11) is 0. The van der Waals surface area contributed by atoms with Gasteiger partial charge in [-0.2, -0.15) is 0 Å². The van der Waals surface area contributed by atoms with E-state index in [-0.39, 0.29) is 0 Å². The molecular weight excluding hydrogens is 164 g/mol. The van der Waals surface area contributed by atoms with Gasteiger partial charge in [0.2, 0.25) is 0 Å². The Kier molecular flexibility index (Phi) is 2.12. The lowest BCUT2D eigenvalue weighted by atomic mass is 10.1. The van der Waals surface area contributed by atoms with Crippen LogP contribution in [0.25, 0.3) is 0 Å². The lowest BCUT2D eigenvalue weighted by molar-refractivity contribution is 0.679. The molecule has 0 amide bonds. The van der Waals surface area contributed by atoms with Gasteiger partial charge >= 0.3 is 0 Å². The summed E-state index contributed by atoms with van der Waals surface area (Å²) in [5.74, 6) is 0.787. The van der Waals surface area contributed by atoms with Crippen LogP contribution in [0.5, 0.6) is 0 Å². The predicted octanol–water partition coefficient (Wildman–Crippen LogP) is 3.09. The molecule has 0 spiro atoms. The van der Waals surface area contributed by atoms with E-state index >= 15 is 0 Å². The lowest BCUT2D eigenvalue weighted by Crippen LogP contribution is -1.88. The van der Waals surface area contributed by atoms with Crippen molar-refractivity contribution >= 4 is 15.9 Å². The summed E-state index contributed by atoms with van der Waals surface area (Å²) in [5.41, 5.74) is 0. The van der Waals surface area contributed by atoms with Gasteiger partial charge < -0.3 is 0 Å². The van der Waals surface area contributed by atoms with Crippen molar-refractivity contribution in [2.24, 2.45) is 5.92 Å². The molecule has 0 aromatic heterocycles. The number of halogens is 1. The Morgan fingerprint density at radius 3 is 2.12 bits per heavy atom. The Hall–Kier alpha value is 0.220. The third-order valence-corrected chi connectivity index (χ3v) is 2.45. The summed E-state index contributed by atoms with van der Waals surface area (Å²) < 4.78 is 1.20. The molecule has 1 heteroatoms. The fraction of sp³-hybridized carbons (Fsp3) is 0.714. The summed E-state index contributed by atoms with van der Waals surface area (Å²) in [6.07, 6.45) is 5.50. The van der Waals surface area contributed by atoms with Crippen molar-refractivity contribution in [2.45, 2.75) is 25.7 Å². The molecule has 46 valence electrons. The molecule has 0 aromatic rings. The summed E-state index contributed by atoms with van der Waals surface area (Å²) in [6, 6.07) is 0. The lowest BCUT2D eigenvalue weighted by Gasteiger charge is -2.02. The van der Waals surface area contributed by atoms with Crippen LogP contribution in [-0.2, 0) is 0 Å². The van der Waals surface area contributed by atoms with Crippen molar-refractivity contribution in [3.63, 3.8) is 0 Å². The number of hydrogen-bond donors (Lipinski definition) is 0. The number of rotatable bonds is 1. The highest BCUT2D eigenvalue weighted by Crippen LogP contribution is 2.32. The molecule has 0 N–H and O–H groups in total. The van der Waals surface area contributed by atoms with Gasteiger partial charge in [0.25, 0.3) is 0 Å². The average molecular weight is 175 g/mol. The predicted molar refractivity (Wildman–Crippen MR) is 40.0 cm³/mol. The molecule has 0 unspecified atom stereocenters. The summed E-state index contributed by atoms with van der Waals surface area (Å²) >= 11 is 3.41. The van der Waals surface area contributed by atoms with E-state index in [4.69, 9.17) is 0 Å². The van der Waals surface area contributed by atoms with Crippen LogP contribution in [0.4, 0.5) is 0 Å². The van der Waals surface area contributed by atoms with E-state index in [1.54, 1.807) is 0 Å². The zero-order valence-electron chi connectivity index (χ0n) is 4.99. The second-order valence-corrected chi connectivity index (χ2v) is 3.45. The van der Waals surface area contributed by atoms with Gasteiger partial charge in [-0.1, -0.05) is 35.4 Å². The van der Waals surface area contributed by atoms with E-state index in [1.165, 1.54) is 30.2 Å². The molecule has 1 fully saturated rings. The molecule has 0 aliphatic heterocycles. The fourth-order valence-electron chi connectivity index (χ4n) is 1.24. The van der Waals surface area contributed by atoms with Gasteiger partial charge in [0, 0.05) is 0 Å². The molecule has 1 aliphatic carbocycles. The van der Waals surface area contributed by atoms with E-state index in [9.17, 15) is 0 Å². The molecule has 0 nitrogen and oxygen atoms in total. The van der Waals surface area contributed by atoms with Crippen LogP contribution in [0, 0.1) is 5.92 Å². The van der Waals surface area contributed by atoms with Crippen molar-refractivity contribution in [1.29, 1.82) is 0 Å². The van der Waals surface area contributed by atoms with Gasteiger partial charge in [0.05, 0.1) is 0 Å². The minimum Gasteiger partial charge on any atom is -0.0886 e. The number of allylic oxidation sites excluding steroid dienone is 1. The maximum atomic E-state index is 3.85. The first-order valence-electron chi connectivity index (χ1n) is 3.15. The summed E-state index contributed by atoms with van der Waals surface area (Å²) in [4.78, 5) is 0. The van der Waals surface area contributed by atoms with Crippen molar-refractivity contribution in [3.05, 3.63) is 11.1 Å². The highest BCUT2D eigenvalue weighted by Gasteiger charge is 2.15. The SMILES string of the molecule is C=C(Br)C1CCCC1. The molecule has 0 heterocycles. The highest BCUT2D eigenvalue weighted by atomic mass is 79.9. The first-order chi connectivity index (χ1) is 3.80. The fourth-order valence-corrected chi connectivity index (χ4v) is 1.70. The van der Waals surface area contributed by atoms with Crippen LogP contribution in [-0.4, -0.2) is 0 Å². The molecule has 0 aromatic carbocycles. The minimum absolute atomic E-state index is 0.787. The second-order valence-electron chi connectivity index (χ2n) is 2.43. The smallest absolute Gasteiger partial charge is 0.00902 e. The van der Waals surface area contributed by atoms with Crippen LogP contribution in [0.3, 0.4) is 0 Å². The second kappa shape index (κ2) is 2.67. The van der Waals surface area contributed by atoms with Gasteiger partial charge in [-0.3, -0.25) is 0 Å². The Balaban J connectivity index is 2.35. The number of hydrogen-bond acceptors (Lipinski definition) is 0. The molecule has 8 heavy (non-hydrogen) atoms. The average Bonchev–Trinajstić information content (AvgIpc) is 2.12. The van der Waals surface area contributed by atoms with Gasteiger partial charge in [0.15, 0.2) is 0 Å². The Bertz CT molecular complexity index is 90.6. The molecule has 1 rings (SSSR count). The standard InChI is InChI=1S/C7H11Br/c1-6(8)7-4-2-3-5-7/h7H,1-5H2. The zero-order valence-corrected chi connectivity index (χ0v) is 6.58. The van der Waals surface area contributed by atoms with Crippen molar-refractivity contribution in [1.82, 2.24) is 0 Å². The largest absolute Gasteiger partial charge is 0.0886 e. The third-order valence-electron chi connectivity index (χ3n) is 1.80. The molecule has 1 saturated carbocycles. The maximum absolute atomic E-state index is 3.85. The van der Waals surface area contributed by atoms with E-state index < -0.39 is 0 Å².